The molecule has 1 fully saturated rings. The SMILES string of the molecule is CCOc1ccc2oc(C(=O)NNC(=O)C[C@H]3CCS(=O)(=O)C3)c(C)c2c1. The van der Waals surface area contributed by atoms with E-state index in [0.29, 0.717) is 29.9 Å². The highest BCUT2D eigenvalue weighted by molar-refractivity contribution is 7.91. The van der Waals surface area contributed by atoms with Crippen LogP contribution in [0.15, 0.2) is 22.6 Å². The Morgan fingerprint density at radius 1 is 1.30 bits per heavy atom. The van der Waals surface area contributed by atoms with Gasteiger partial charge < -0.3 is 9.15 Å². The van der Waals surface area contributed by atoms with Gasteiger partial charge >= 0.3 is 5.91 Å². The van der Waals surface area contributed by atoms with E-state index in [2.05, 4.69) is 10.9 Å². The maximum atomic E-state index is 12.3. The second-order valence-corrected chi connectivity index (χ2v) is 8.85. The monoisotopic (exact) mass is 394 g/mol. The first-order valence-corrected chi connectivity index (χ1v) is 10.6. The summed E-state index contributed by atoms with van der Waals surface area (Å²) >= 11 is 0. The number of hydrazine groups is 1. The molecule has 0 radical (unpaired) electrons. The number of rotatable bonds is 5. The minimum atomic E-state index is -3.04. The van der Waals surface area contributed by atoms with E-state index in [1.54, 1.807) is 25.1 Å². The molecule has 0 unspecified atom stereocenters. The number of nitrogens with one attached hydrogen (secondary N) is 2. The quantitative estimate of drug-likeness (QED) is 0.747. The van der Waals surface area contributed by atoms with Crippen molar-refractivity contribution in [3.63, 3.8) is 0 Å². The van der Waals surface area contributed by atoms with Crippen molar-refractivity contribution in [1.29, 1.82) is 0 Å². The summed E-state index contributed by atoms with van der Waals surface area (Å²) < 4.78 is 33.9. The van der Waals surface area contributed by atoms with Gasteiger partial charge in [-0.3, -0.25) is 20.4 Å². The molecule has 0 bridgehead atoms. The Bertz CT molecular complexity index is 979. The molecular weight excluding hydrogens is 372 g/mol. The summed E-state index contributed by atoms with van der Waals surface area (Å²) in [6.07, 6.45) is 0.519. The smallest absolute Gasteiger partial charge is 0.305 e. The third kappa shape index (κ3) is 4.41. The van der Waals surface area contributed by atoms with Crippen molar-refractivity contribution in [3.05, 3.63) is 29.5 Å². The summed E-state index contributed by atoms with van der Waals surface area (Å²) in [4.78, 5) is 24.3. The van der Waals surface area contributed by atoms with Crippen LogP contribution >= 0.6 is 0 Å². The van der Waals surface area contributed by atoms with Crippen LogP contribution in [0.5, 0.6) is 5.75 Å². The fourth-order valence-corrected chi connectivity index (χ4v) is 5.06. The van der Waals surface area contributed by atoms with Crippen LogP contribution in [-0.4, -0.2) is 38.3 Å². The number of hydrogen-bond acceptors (Lipinski definition) is 6. The average Bonchev–Trinajstić information content (AvgIpc) is 3.12. The number of carbonyl (C=O) groups excluding carboxylic acids is 2. The van der Waals surface area contributed by atoms with E-state index in [-0.39, 0.29) is 29.6 Å². The van der Waals surface area contributed by atoms with Crippen LogP contribution in [0, 0.1) is 12.8 Å². The number of aryl methyl sites for hydroxylation is 1. The summed E-state index contributed by atoms with van der Waals surface area (Å²) in [6, 6.07) is 5.28. The van der Waals surface area contributed by atoms with Gasteiger partial charge in [0.05, 0.1) is 18.1 Å². The summed E-state index contributed by atoms with van der Waals surface area (Å²) in [7, 11) is -3.04. The van der Waals surface area contributed by atoms with Crippen LogP contribution < -0.4 is 15.6 Å². The highest BCUT2D eigenvalue weighted by atomic mass is 32.2. The van der Waals surface area contributed by atoms with Crippen LogP contribution in [0.3, 0.4) is 0 Å². The van der Waals surface area contributed by atoms with Gasteiger partial charge in [0.1, 0.15) is 11.3 Å². The molecule has 27 heavy (non-hydrogen) atoms. The van der Waals surface area contributed by atoms with Crippen LogP contribution in [0.1, 0.15) is 35.9 Å². The number of amides is 2. The molecule has 1 aliphatic rings. The van der Waals surface area contributed by atoms with Gasteiger partial charge in [-0.25, -0.2) is 8.42 Å². The Morgan fingerprint density at radius 2 is 2.07 bits per heavy atom. The van der Waals surface area contributed by atoms with Gasteiger partial charge in [-0.15, -0.1) is 0 Å². The van der Waals surface area contributed by atoms with E-state index < -0.39 is 21.7 Å². The average molecular weight is 394 g/mol. The summed E-state index contributed by atoms with van der Waals surface area (Å²) in [5.41, 5.74) is 5.83. The minimum Gasteiger partial charge on any atom is -0.494 e. The summed E-state index contributed by atoms with van der Waals surface area (Å²) in [5, 5.41) is 0.758. The van der Waals surface area contributed by atoms with Crippen LogP contribution in [-0.2, 0) is 14.6 Å². The molecule has 146 valence electrons. The van der Waals surface area contributed by atoms with Crippen LogP contribution in [0.25, 0.3) is 11.0 Å². The molecule has 3 rings (SSSR count). The third-order valence-electron chi connectivity index (χ3n) is 4.54. The van der Waals surface area contributed by atoms with Gasteiger partial charge in [0, 0.05) is 17.4 Å². The zero-order valence-electron chi connectivity index (χ0n) is 15.2. The van der Waals surface area contributed by atoms with Gasteiger partial charge in [0.2, 0.25) is 5.91 Å². The molecule has 0 spiro atoms. The Balaban J connectivity index is 1.62. The molecule has 1 aromatic heterocycles. The second kappa shape index (κ2) is 7.59. The van der Waals surface area contributed by atoms with Gasteiger partial charge in [-0.1, -0.05) is 0 Å². The molecule has 1 aliphatic heterocycles. The van der Waals surface area contributed by atoms with Crippen molar-refractivity contribution in [3.8, 4) is 5.75 Å². The minimum absolute atomic E-state index is 0.0131. The highest BCUT2D eigenvalue weighted by Crippen LogP contribution is 2.28. The molecule has 2 aromatic rings. The molecule has 8 nitrogen and oxygen atoms in total. The van der Waals surface area contributed by atoms with Crippen molar-refractivity contribution in [2.45, 2.75) is 26.7 Å². The van der Waals surface area contributed by atoms with Crippen molar-refractivity contribution in [2.75, 3.05) is 18.1 Å². The number of fused-ring (bicyclic) bond motifs is 1. The summed E-state index contributed by atoms with van der Waals surface area (Å²) in [6.45, 7) is 4.17. The molecule has 0 aliphatic carbocycles. The zero-order valence-corrected chi connectivity index (χ0v) is 16.0. The first-order valence-electron chi connectivity index (χ1n) is 8.74. The maximum absolute atomic E-state index is 12.3. The Labute approximate surface area is 157 Å². The predicted molar refractivity (Wildman–Crippen MR) is 99.1 cm³/mol. The second-order valence-electron chi connectivity index (χ2n) is 6.62. The first-order chi connectivity index (χ1) is 12.8. The van der Waals surface area contributed by atoms with Gasteiger partial charge in [-0.2, -0.15) is 0 Å². The lowest BCUT2D eigenvalue weighted by Gasteiger charge is -2.09. The fraction of sp³-hybridized carbons (Fsp3) is 0.444. The molecule has 1 atom stereocenters. The maximum Gasteiger partial charge on any atom is 0.305 e. The van der Waals surface area contributed by atoms with E-state index in [1.807, 2.05) is 6.92 Å². The van der Waals surface area contributed by atoms with E-state index in [4.69, 9.17) is 9.15 Å². The molecular formula is C18H22N2O6S. The van der Waals surface area contributed by atoms with Gasteiger partial charge in [0.15, 0.2) is 15.6 Å². The largest absolute Gasteiger partial charge is 0.494 e. The number of benzene rings is 1. The Morgan fingerprint density at radius 3 is 2.74 bits per heavy atom. The number of furan rings is 1. The first kappa shape index (κ1) is 19.2. The van der Waals surface area contributed by atoms with Gasteiger partial charge in [0.25, 0.3) is 0 Å². The number of sulfone groups is 1. The normalized spacial score (nSPS) is 18.4. The van der Waals surface area contributed by atoms with E-state index in [1.165, 1.54) is 0 Å². The predicted octanol–water partition coefficient (Wildman–Crippen LogP) is 1.73. The van der Waals surface area contributed by atoms with E-state index in [0.717, 1.165) is 5.39 Å². The molecule has 9 heteroatoms. The lowest BCUT2D eigenvalue weighted by atomic mass is 10.1. The summed E-state index contributed by atoms with van der Waals surface area (Å²) in [5.74, 6) is -0.315. The van der Waals surface area contributed by atoms with Crippen molar-refractivity contribution >= 4 is 32.6 Å². The number of carbonyl (C=O) groups is 2. The van der Waals surface area contributed by atoms with E-state index >= 15 is 0 Å². The van der Waals surface area contributed by atoms with E-state index in [9.17, 15) is 18.0 Å². The Hall–Kier alpha value is -2.55. The molecule has 1 saturated heterocycles. The van der Waals surface area contributed by atoms with Crippen molar-refractivity contribution in [2.24, 2.45) is 5.92 Å². The standard InChI is InChI=1S/C18H22N2O6S/c1-3-25-13-4-5-15-14(9-13)11(2)17(26-15)18(22)20-19-16(21)8-12-6-7-27(23,24)10-12/h4-5,9,12H,3,6-8,10H2,1-2H3,(H,19,21)(H,20,22)/t12-/m1/s1. The van der Waals surface area contributed by atoms with Crippen LogP contribution in [0.2, 0.25) is 0 Å². The van der Waals surface area contributed by atoms with Crippen molar-refractivity contribution in [1.82, 2.24) is 10.9 Å². The molecule has 1 aromatic carbocycles. The number of hydrogen-bond donors (Lipinski definition) is 2. The van der Waals surface area contributed by atoms with Gasteiger partial charge in [-0.05, 0) is 44.4 Å². The van der Waals surface area contributed by atoms with Crippen molar-refractivity contribution < 1.29 is 27.2 Å². The third-order valence-corrected chi connectivity index (χ3v) is 6.38. The lowest BCUT2D eigenvalue weighted by molar-refractivity contribution is -0.122. The highest BCUT2D eigenvalue weighted by Gasteiger charge is 2.29. The Kier molecular flexibility index (Phi) is 5.41. The fourth-order valence-electron chi connectivity index (χ4n) is 3.20. The lowest BCUT2D eigenvalue weighted by Crippen LogP contribution is -2.42. The topological polar surface area (TPSA) is 115 Å². The molecule has 0 saturated carbocycles. The molecule has 2 N–H and O–H groups in total. The molecule has 2 heterocycles. The number of ether oxygens (including phenoxy) is 1. The zero-order chi connectivity index (χ0) is 19.6. The van der Waals surface area contributed by atoms with Crippen LogP contribution in [0.4, 0.5) is 0 Å². The molecule has 2 amide bonds.